The molecule has 0 saturated carbocycles. The van der Waals surface area contributed by atoms with Crippen molar-refractivity contribution in [2.24, 2.45) is 0 Å². The van der Waals surface area contributed by atoms with E-state index in [0.29, 0.717) is 6.04 Å². The molecule has 3 heteroatoms. The Bertz CT molecular complexity index is 1060. The zero-order valence-electron chi connectivity index (χ0n) is 15.9. The summed E-state index contributed by atoms with van der Waals surface area (Å²) in [6.07, 6.45) is 9.01. The lowest BCUT2D eigenvalue weighted by Gasteiger charge is -2.16. The van der Waals surface area contributed by atoms with Crippen LogP contribution in [0.3, 0.4) is 0 Å². The van der Waals surface area contributed by atoms with Gasteiger partial charge in [0.2, 0.25) is 0 Å². The summed E-state index contributed by atoms with van der Waals surface area (Å²) in [6, 6.07) is 10.7. The Morgan fingerprint density at radius 3 is 2.50 bits per heavy atom. The lowest BCUT2D eigenvalue weighted by molar-refractivity contribution is 0.749. The van der Waals surface area contributed by atoms with Crippen LogP contribution in [0.25, 0.3) is 21.7 Å². The second-order valence-electron chi connectivity index (χ2n) is 6.52. The highest BCUT2D eigenvalue weighted by Gasteiger charge is 2.12. The van der Waals surface area contributed by atoms with E-state index in [1.165, 1.54) is 16.5 Å². The molecular formula is C23H26N2O. The molecule has 1 aliphatic heterocycles. The number of hydrogen-bond acceptors (Lipinski definition) is 2. The third kappa shape index (κ3) is 3.30. The van der Waals surface area contributed by atoms with Gasteiger partial charge in [-0.15, -0.1) is 0 Å². The highest BCUT2D eigenvalue weighted by atomic mass is 16.1. The van der Waals surface area contributed by atoms with Gasteiger partial charge >= 0.3 is 0 Å². The number of nitrogens with one attached hydrogen (secondary N) is 2. The summed E-state index contributed by atoms with van der Waals surface area (Å²) >= 11 is 0. The predicted molar refractivity (Wildman–Crippen MR) is 112 cm³/mol. The van der Waals surface area contributed by atoms with Crippen LogP contribution in [0.2, 0.25) is 0 Å². The highest BCUT2D eigenvalue weighted by molar-refractivity contribution is 6.06. The number of dihydropyridines is 1. The van der Waals surface area contributed by atoms with Crippen molar-refractivity contribution in [3.05, 3.63) is 81.8 Å². The number of aromatic nitrogens is 1. The van der Waals surface area contributed by atoms with E-state index in [-0.39, 0.29) is 5.43 Å². The molecule has 1 aromatic heterocycles. The van der Waals surface area contributed by atoms with Gasteiger partial charge in [0.25, 0.3) is 0 Å². The molecule has 0 aliphatic carbocycles. The average molecular weight is 346 g/mol. The molecule has 4 rings (SSSR count). The Hall–Kier alpha value is -2.81. The number of benzene rings is 2. The number of fused-ring (bicyclic) bond motifs is 3. The fourth-order valence-corrected chi connectivity index (χ4v) is 3.33. The number of pyridine rings is 1. The minimum atomic E-state index is 0.107. The van der Waals surface area contributed by atoms with Gasteiger partial charge in [0.05, 0.1) is 5.52 Å². The molecule has 2 aromatic carbocycles. The van der Waals surface area contributed by atoms with Crippen molar-refractivity contribution in [2.75, 3.05) is 0 Å². The lowest BCUT2D eigenvalue weighted by atomic mass is 9.94. The maximum Gasteiger partial charge on any atom is 0.192 e. The maximum absolute atomic E-state index is 12.6. The molecule has 26 heavy (non-hydrogen) atoms. The van der Waals surface area contributed by atoms with Gasteiger partial charge < -0.3 is 10.3 Å². The van der Waals surface area contributed by atoms with Crippen molar-refractivity contribution in [2.45, 2.75) is 40.2 Å². The van der Waals surface area contributed by atoms with Gasteiger partial charge in [-0.2, -0.15) is 0 Å². The van der Waals surface area contributed by atoms with E-state index in [1.807, 2.05) is 26.8 Å². The van der Waals surface area contributed by atoms with Crippen LogP contribution in [-0.4, -0.2) is 11.0 Å². The summed E-state index contributed by atoms with van der Waals surface area (Å²) in [7, 11) is 0. The number of hydrogen-bond donors (Lipinski definition) is 2. The summed E-state index contributed by atoms with van der Waals surface area (Å²) in [6.45, 7) is 7.97. The molecule has 1 unspecified atom stereocenters. The smallest absolute Gasteiger partial charge is 0.192 e. The standard InChI is InChI=1S/C21H20N2O.C2H6/c1-13-11-23-20-18-6-4-3-5-17(18)16(10-19(20)21(13)24)9-15-8-7-14(2)22-12-15;1-2/h3-8,10-12,14,22H,9H2,1-2H3,(H,23,24);1-2H3. The molecule has 3 nitrogen and oxygen atoms in total. The van der Waals surface area contributed by atoms with Crippen molar-refractivity contribution < 1.29 is 0 Å². The maximum atomic E-state index is 12.6. The SMILES string of the molecule is CC.Cc1c[nH]c2c(cc(CC3=CNC(C)C=C3)c3ccccc32)c1=O. The fraction of sp³-hybridized carbons (Fsp3) is 0.261. The molecule has 2 N–H and O–H groups in total. The molecular weight excluding hydrogens is 320 g/mol. The van der Waals surface area contributed by atoms with E-state index in [2.05, 4.69) is 59.8 Å². The van der Waals surface area contributed by atoms with Crippen LogP contribution in [0.15, 0.2) is 65.2 Å². The number of aryl methyl sites for hydroxylation is 1. The molecule has 0 amide bonds. The first-order chi connectivity index (χ1) is 12.6. The monoisotopic (exact) mass is 346 g/mol. The van der Waals surface area contributed by atoms with Crippen molar-refractivity contribution in [3.8, 4) is 0 Å². The van der Waals surface area contributed by atoms with E-state index in [1.54, 1.807) is 6.20 Å². The topological polar surface area (TPSA) is 44.9 Å². The van der Waals surface area contributed by atoms with Crippen molar-refractivity contribution in [1.29, 1.82) is 0 Å². The number of H-pyrrole nitrogens is 1. The molecule has 134 valence electrons. The summed E-state index contributed by atoms with van der Waals surface area (Å²) < 4.78 is 0. The molecule has 1 aliphatic rings. The minimum Gasteiger partial charge on any atom is -0.385 e. The summed E-state index contributed by atoms with van der Waals surface area (Å²) in [5.74, 6) is 0. The molecule has 2 heterocycles. The Kier molecular flexibility index (Phi) is 5.27. The Morgan fingerprint density at radius 1 is 1.08 bits per heavy atom. The second kappa shape index (κ2) is 7.61. The molecule has 0 bridgehead atoms. The van der Waals surface area contributed by atoms with E-state index < -0.39 is 0 Å². The van der Waals surface area contributed by atoms with E-state index in [0.717, 1.165) is 28.3 Å². The van der Waals surface area contributed by atoms with Crippen molar-refractivity contribution in [3.63, 3.8) is 0 Å². The first kappa shape index (κ1) is 18.0. The normalized spacial score (nSPS) is 16.0. The van der Waals surface area contributed by atoms with Crippen LogP contribution in [0.5, 0.6) is 0 Å². The first-order valence-electron chi connectivity index (χ1n) is 9.29. The summed E-state index contributed by atoms with van der Waals surface area (Å²) in [5, 5.41) is 6.40. The van der Waals surface area contributed by atoms with Gasteiger partial charge in [-0.25, -0.2) is 0 Å². The minimum absolute atomic E-state index is 0.107. The zero-order valence-corrected chi connectivity index (χ0v) is 15.9. The molecule has 0 fully saturated rings. The largest absolute Gasteiger partial charge is 0.385 e. The Morgan fingerprint density at radius 2 is 1.81 bits per heavy atom. The van der Waals surface area contributed by atoms with Crippen LogP contribution in [0.4, 0.5) is 0 Å². The summed E-state index contributed by atoms with van der Waals surface area (Å²) in [5.41, 5.74) is 4.18. The van der Waals surface area contributed by atoms with Gasteiger partial charge in [0, 0.05) is 34.8 Å². The van der Waals surface area contributed by atoms with Gasteiger partial charge in [-0.05, 0) is 42.9 Å². The number of rotatable bonds is 2. The second-order valence-corrected chi connectivity index (χ2v) is 6.52. The molecule has 0 spiro atoms. The third-order valence-corrected chi connectivity index (χ3v) is 4.69. The molecule has 3 aromatic rings. The van der Waals surface area contributed by atoms with Gasteiger partial charge in [0.1, 0.15) is 0 Å². The lowest BCUT2D eigenvalue weighted by Crippen LogP contribution is -2.21. The van der Waals surface area contributed by atoms with Crippen molar-refractivity contribution >= 4 is 21.7 Å². The van der Waals surface area contributed by atoms with Crippen LogP contribution < -0.4 is 10.7 Å². The van der Waals surface area contributed by atoms with E-state index in [4.69, 9.17) is 0 Å². The van der Waals surface area contributed by atoms with Gasteiger partial charge in [0.15, 0.2) is 5.43 Å². The molecule has 1 atom stereocenters. The number of aromatic amines is 1. The van der Waals surface area contributed by atoms with Crippen LogP contribution in [-0.2, 0) is 6.42 Å². The highest BCUT2D eigenvalue weighted by Crippen LogP contribution is 2.28. The van der Waals surface area contributed by atoms with E-state index in [9.17, 15) is 4.79 Å². The average Bonchev–Trinajstić information content (AvgIpc) is 2.68. The third-order valence-electron chi connectivity index (χ3n) is 4.69. The Labute approximate surface area is 154 Å². The van der Waals surface area contributed by atoms with Crippen LogP contribution >= 0.6 is 0 Å². The molecule has 0 saturated heterocycles. The van der Waals surface area contributed by atoms with Gasteiger partial charge in [-0.1, -0.05) is 50.3 Å². The van der Waals surface area contributed by atoms with Crippen LogP contribution in [0.1, 0.15) is 31.9 Å². The molecule has 0 radical (unpaired) electrons. The first-order valence-corrected chi connectivity index (χ1v) is 9.29. The van der Waals surface area contributed by atoms with Crippen LogP contribution in [0, 0.1) is 6.92 Å². The number of allylic oxidation sites excluding steroid dienone is 2. The fourth-order valence-electron chi connectivity index (χ4n) is 3.33. The summed E-state index contributed by atoms with van der Waals surface area (Å²) in [4.78, 5) is 15.9. The quantitative estimate of drug-likeness (QED) is 0.642. The van der Waals surface area contributed by atoms with E-state index >= 15 is 0 Å². The predicted octanol–water partition coefficient (Wildman–Crippen LogP) is 4.99. The Balaban J connectivity index is 0.000000948. The van der Waals surface area contributed by atoms with Gasteiger partial charge in [-0.3, -0.25) is 4.79 Å². The van der Waals surface area contributed by atoms with Crippen molar-refractivity contribution in [1.82, 2.24) is 10.3 Å². The zero-order chi connectivity index (χ0) is 18.7.